The Morgan fingerprint density at radius 2 is 2.09 bits per heavy atom. The first-order valence-electron chi connectivity index (χ1n) is 6.65. The van der Waals surface area contributed by atoms with Gasteiger partial charge in [0.15, 0.2) is 5.65 Å². The van der Waals surface area contributed by atoms with Gasteiger partial charge in [-0.2, -0.15) is 9.94 Å². The minimum atomic E-state index is -0.383. The molecule has 3 rings (SSSR count). The van der Waals surface area contributed by atoms with Gasteiger partial charge < -0.3 is 4.74 Å². The highest BCUT2D eigenvalue weighted by Gasteiger charge is 2.15. The second kappa shape index (κ2) is 5.79. The van der Waals surface area contributed by atoms with Crippen molar-refractivity contribution in [3.8, 4) is 17.5 Å². The van der Waals surface area contributed by atoms with Crippen LogP contribution in [0, 0.1) is 11.3 Å². The van der Waals surface area contributed by atoms with Gasteiger partial charge >= 0.3 is 5.69 Å². The Morgan fingerprint density at radius 1 is 1.32 bits per heavy atom. The molecule has 0 spiro atoms. The van der Waals surface area contributed by atoms with E-state index in [1.807, 2.05) is 36.4 Å². The number of aromatic nitrogens is 4. The van der Waals surface area contributed by atoms with E-state index in [2.05, 4.69) is 10.1 Å². The van der Waals surface area contributed by atoms with E-state index in [1.165, 1.54) is 4.40 Å². The van der Waals surface area contributed by atoms with E-state index in [4.69, 9.17) is 10.00 Å². The average molecular weight is 295 g/mol. The monoisotopic (exact) mass is 295 g/mol. The number of hydrogen-bond acceptors (Lipinski definition) is 5. The molecule has 3 aromatic rings. The summed E-state index contributed by atoms with van der Waals surface area (Å²) in [5, 5.41) is 13.0. The van der Waals surface area contributed by atoms with E-state index < -0.39 is 0 Å². The zero-order valence-electron chi connectivity index (χ0n) is 11.9. The van der Waals surface area contributed by atoms with Crippen molar-refractivity contribution >= 4 is 5.65 Å². The van der Waals surface area contributed by atoms with Crippen LogP contribution in [0.25, 0.3) is 17.0 Å². The quantitative estimate of drug-likeness (QED) is 0.722. The van der Waals surface area contributed by atoms with Gasteiger partial charge in [-0.1, -0.05) is 30.3 Å². The minimum Gasteiger partial charge on any atom is -0.378 e. The zero-order chi connectivity index (χ0) is 15.5. The van der Waals surface area contributed by atoms with E-state index in [-0.39, 0.29) is 12.2 Å². The third-order valence-electron chi connectivity index (χ3n) is 3.17. The number of ether oxygens (including phenoxy) is 1. The van der Waals surface area contributed by atoms with E-state index in [0.717, 1.165) is 10.2 Å². The molecule has 2 aromatic heterocycles. The highest BCUT2D eigenvalue weighted by atomic mass is 16.5. The first kappa shape index (κ1) is 14.0. The van der Waals surface area contributed by atoms with Gasteiger partial charge in [-0.25, -0.2) is 14.2 Å². The molecule has 0 N–H and O–H groups in total. The maximum atomic E-state index is 12.4. The van der Waals surface area contributed by atoms with Crippen LogP contribution in [0.4, 0.5) is 0 Å². The first-order valence-corrected chi connectivity index (χ1v) is 6.65. The van der Waals surface area contributed by atoms with Crippen LogP contribution in [0.3, 0.4) is 0 Å². The number of rotatable bonds is 4. The highest BCUT2D eigenvalue weighted by Crippen LogP contribution is 2.18. The second-order valence-electron chi connectivity index (χ2n) is 4.66. The van der Waals surface area contributed by atoms with E-state index in [9.17, 15) is 4.79 Å². The molecule has 0 bridgehead atoms. The van der Waals surface area contributed by atoms with Gasteiger partial charge in [0.25, 0.3) is 0 Å². The van der Waals surface area contributed by atoms with Crippen molar-refractivity contribution in [2.24, 2.45) is 0 Å². The molecule has 0 saturated heterocycles. The lowest BCUT2D eigenvalue weighted by atomic mass is 10.2. The van der Waals surface area contributed by atoms with Crippen LogP contribution in [0.15, 0.2) is 41.2 Å². The molecule has 0 aliphatic rings. The lowest BCUT2D eigenvalue weighted by Crippen LogP contribution is -2.22. The number of nitrogens with zero attached hydrogens (tertiary/aromatic N) is 5. The highest BCUT2D eigenvalue weighted by molar-refractivity contribution is 5.59. The summed E-state index contributed by atoms with van der Waals surface area (Å²) < 4.78 is 7.65. The summed E-state index contributed by atoms with van der Waals surface area (Å²) in [6, 6.07) is 13.0. The Morgan fingerprint density at radius 3 is 2.77 bits per heavy atom. The molecule has 0 aliphatic carbocycles. The van der Waals surface area contributed by atoms with Gasteiger partial charge in [0.2, 0.25) is 0 Å². The van der Waals surface area contributed by atoms with Gasteiger partial charge in [0.05, 0.1) is 18.4 Å². The Bertz CT molecular complexity index is 905. The van der Waals surface area contributed by atoms with E-state index in [0.29, 0.717) is 23.8 Å². The number of benzene rings is 1. The van der Waals surface area contributed by atoms with Crippen LogP contribution >= 0.6 is 0 Å². The lowest BCUT2D eigenvalue weighted by Gasteiger charge is -2.06. The molecule has 0 radical (unpaired) electrons. The third-order valence-corrected chi connectivity index (χ3v) is 3.17. The summed E-state index contributed by atoms with van der Waals surface area (Å²) >= 11 is 0. The molecule has 7 heteroatoms. The molecule has 0 fully saturated rings. The molecular weight excluding hydrogens is 282 g/mol. The predicted octanol–water partition coefficient (Wildman–Crippen LogP) is 1.23. The zero-order valence-corrected chi connectivity index (χ0v) is 11.9. The molecule has 7 nitrogen and oxygen atoms in total. The Labute approximate surface area is 126 Å². The molecule has 0 unspecified atom stereocenters. The smallest absolute Gasteiger partial charge is 0.353 e. The molecular formula is C15H13N5O2. The number of fused-ring (bicyclic) bond motifs is 1. The fourth-order valence-corrected chi connectivity index (χ4v) is 2.26. The summed E-state index contributed by atoms with van der Waals surface area (Å²) in [5.74, 6) is 0.485. The SMILES string of the molecule is COCc1cc2nn(CC#N)c(=O)n2c(-c2ccccc2)n1. The van der Waals surface area contributed by atoms with Gasteiger partial charge in [-0.05, 0) is 0 Å². The maximum Gasteiger partial charge on any atom is 0.353 e. The average Bonchev–Trinajstić information content (AvgIpc) is 2.85. The standard InChI is InChI=1S/C15H13N5O2/c1-22-10-12-9-13-18-19(8-7-16)15(21)20(13)14(17-12)11-5-3-2-4-6-11/h2-6,9H,8,10H2,1H3. The van der Waals surface area contributed by atoms with Crippen LogP contribution in [0.2, 0.25) is 0 Å². The lowest BCUT2D eigenvalue weighted by molar-refractivity contribution is 0.181. The molecule has 22 heavy (non-hydrogen) atoms. The van der Waals surface area contributed by atoms with Gasteiger partial charge in [-0.3, -0.25) is 0 Å². The number of nitriles is 1. The fraction of sp³-hybridized carbons (Fsp3) is 0.200. The molecule has 0 atom stereocenters. The van der Waals surface area contributed by atoms with Crippen LogP contribution < -0.4 is 5.69 Å². The van der Waals surface area contributed by atoms with Gasteiger partial charge in [0, 0.05) is 18.7 Å². The van der Waals surface area contributed by atoms with Crippen molar-refractivity contribution in [1.29, 1.82) is 5.26 Å². The van der Waals surface area contributed by atoms with Gasteiger partial charge in [0.1, 0.15) is 12.4 Å². The van der Waals surface area contributed by atoms with Crippen molar-refractivity contribution in [3.63, 3.8) is 0 Å². The summed E-state index contributed by atoms with van der Waals surface area (Å²) in [6.45, 7) is 0.212. The van der Waals surface area contributed by atoms with Crippen LogP contribution in [0.1, 0.15) is 5.69 Å². The maximum absolute atomic E-state index is 12.4. The Kier molecular flexibility index (Phi) is 3.68. The summed E-state index contributed by atoms with van der Waals surface area (Å²) in [4.78, 5) is 16.9. The number of methoxy groups -OCH3 is 1. The van der Waals surface area contributed by atoms with Crippen molar-refractivity contribution in [3.05, 3.63) is 52.6 Å². The molecule has 1 aromatic carbocycles. The van der Waals surface area contributed by atoms with Gasteiger partial charge in [-0.15, -0.1) is 5.10 Å². The van der Waals surface area contributed by atoms with Crippen molar-refractivity contribution in [2.75, 3.05) is 7.11 Å². The first-order chi connectivity index (χ1) is 10.7. The topological polar surface area (TPSA) is 85.2 Å². The Hall–Kier alpha value is -2.98. The second-order valence-corrected chi connectivity index (χ2v) is 4.66. The summed E-state index contributed by atoms with van der Waals surface area (Å²) in [5.41, 5.74) is 1.53. The molecule has 0 amide bonds. The predicted molar refractivity (Wildman–Crippen MR) is 79.0 cm³/mol. The van der Waals surface area contributed by atoms with Crippen molar-refractivity contribution in [1.82, 2.24) is 19.2 Å². The molecule has 110 valence electrons. The van der Waals surface area contributed by atoms with Crippen LogP contribution in [-0.4, -0.2) is 26.3 Å². The Balaban J connectivity index is 2.32. The molecule has 0 saturated carbocycles. The largest absolute Gasteiger partial charge is 0.378 e. The third kappa shape index (κ3) is 2.36. The van der Waals surface area contributed by atoms with Crippen LogP contribution in [-0.2, 0) is 17.9 Å². The van der Waals surface area contributed by atoms with Crippen molar-refractivity contribution < 1.29 is 4.74 Å². The molecule has 0 aliphatic heterocycles. The van der Waals surface area contributed by atoms with E-state index >= 15 is 0 Å². The van der Waals surface area contributed by atoms with Crippen molar-refractivity contribution in [2.45, 2.75) is 13.2 Å². The summed E-state index contributed by atoms with van der Waals surface area (Å²) in [6.07, 6.45) is 0. The normalized spacial score (nSPS) is 10.7. The molecule has 2 heterocycles. The minimum absolute atomic E-state index is 0.103. The number of hydrogen-bond donors (Lipinski definition) is 0. The summed E-state index contributed by atoms with van der Waals surface area (Å²) in [7, 11) is 1.58. The van der Waals surface area contributed by atoms with Crippen LogP contribution in [0.5, 0.6) is 0 Å². The fourth-order valence-electron chi connectivity index (χ4n) is 2.26. The van der Waals surface area contributed by atoms with E-state index in [1.54, 1.807) is 13.2 Å².